The van der Waals surface area contributed by atoms with E-state index in [4.69, 9.17) is 0 Å². The fourth-order valence-electron chi connectivity index (χ4n) is 3.29. The molecule has 1 heterocycles. The van der Waals surface area contributed by atoms with Crippen molar-refractivity contribution in [3.8, 4) is 11.3 Å². The summed E-state index contributed by atoms with van der Waals surface area (Å²) in [6.07, 6.45) is 0. The van der Waals surface area contributed by atoms with Crippen LogP contribution in [0.2, 0.25) is 0 Å². The number of nitrogens with zero attached hydrogens (tertiary/aromatic N) is 2. The zero-order chi connectivity index (χ0) is 21.8. The quantitative estimate of drug-likeness (QED) is 0.444. The van der Waals surface area contributed by atoms with E-state index in [1.807, 2.05) is 49.4 Å². The normalized spacial score (nSPS) is 10.6. The molecule has 0 saturated carbocycles. The Kier molecular flexibility index (Phi) is 5.71. The maximum Gasteiger partial charge on any atom is 0.243 e. The molecule has 0 aliphatic heterocycles. The molecule has 0 atom stereocenters. The first-order valence-corrected chi connectivity index (χ1v) is 9.98. The average Bonchev–Trinajstić information content (AvgIpc) is 2.78. The minimum absolute atomic E-state index is 0.0139. The average molecular weight is 410 g/mol. The van der Waals surface area contributed by atoms with E-state index in [1.165, 1.54) is 6.92 Å². The third-order valence-corrected chi connectivity index (χ3v) is 4.88. The molecule has 154 valence electrons. The van der Waals surface area contributed by atoms with Crippen LogP contribution in [0.5, 0.6) is 0 Å². The van der Waals surface area contributed by atoms with Crippen LogP contribution in [0.4, 0.5) is 11.6 Å². The largest absolute Gasteiger partial charge is 0.345 e. The molecule has 4 aromatic rings. The number of rotatable bonds is 6. The summed E-state index contributed by atoms with van der Waals surface area (Å²) in [7, 11) is 0. The number of Topliss-reactive ketones (excluding diaryl/α,β-unsaturated/α-hetero) is 1. The van der Waals surface area contributed by atoms with Crippen LogP contribution in [0, 0.1) is 6.92 Å². The molecular weight excluding hydrogens is 388 g/mol. The summed E-state index contributed by atoms with van der Waals surface area (Å²) in [6, 6.07) is 22.7. The van der Waals surface area contributed by atoms with E-state index in [-0.39, 0.29) is 18.2 Å². The van der Waals surface area contributed by atoms with Gasteiger partial charge in [-0.3, -0.25) is 9.59 Å². The fraction of sp³-hybridized carbons (Fsp3) is 0.120. The van der Waals surface area contributed by atoms with Crippen molar-refractivity contribution in [2.45, 2.75) is 13.8 Å². The first kappa shape index (κ1) is 20.2. The Morgan fingerprint density at radius 3 is 2.35 bits per heavy atom. The SMILES string of the molecule is CC(=O)c1ccc(NC(=O)CNc2nc(-c3ccccc3)c3cc(C)ccc3n2)cc1. The third kappa shape index (κ3) is 4.75. The van der Waals surface area contributed by atoms with Gasteiger partial charge in [-0.25, -0.2) is 9.97 Å². The molecule has 0 bridgehead atoms. The lowest BCUT2D eigenvalue weighted by molar-refractivity contribution is -0.114. The number of aryl methyl sites for hydroxylation is 1. The van der Waals surface area contributed by atoms with Gasteiger partial charge in [-0.15, -0.1) is 0 Å². The molecule has 0 fully saturated rings. The molecule has 6 nitrogen and oxygen atoms in total. The number of amides is 1. The number of hydrogen-bond donors (Lipinski definition) is 2. The first-order valence-electron chi connectivity index (χ1n) is 9.98. The predicted octanol–water partition coefficient (Wildman–Crippen LogP) is 4.86. The molecular formula is C25H22N4O2. The third-order valence-electron chi connectivity index (χ3n) is 4.88. The highest BCUT2D eigenvalue weighted by Crippen LogP contribution is 2.28. The second-order valence-corrected chi connectivity index (χ2v) is 7.32. The van der Waals surface area contributed by atoms with E-state index in [2.05, 4.69) is 26.7 Å². The van der Waals surface area contributed by atoms with Gasteiger partial charge in [0.15, 0.2) is 5.78 Å². The van der Waals surface area contributed by atoms with E-state index in [0.717, 1.165) is 27.7 Å². The Bertz CT molecular complexity index is 1250. The number of hydrogen-bond acceptors (Lipinski definition) is 5. The standard InChI is InChI=1S/C25H22N4O2/c1-16-8-13-22-21(14-16)24(19-6-4-3-5-7-19)29-25(28-22)26-15-23(31)27-20-11-9-18(10-12-20)17(2)30/h3-14H,15H2,1-2H3,(H,27,31)(H,26,28,29). The van der Waals surface area contributed by atoms with Crippen molar-refractivity contribution in [1.82, 2.24) is 9.97 Å². The van der Waals surface area contributed by atoms with Gasteiger partial charge in [0.1, 0.15) is 0 Å². The second kappa shape index (κ2) is 8.75. The van der Waals surface area contributed by atoms with Crippen LogP contribution in [0.3, 0.4) is 0 Å². The number of anilines is 2. The van der Waals surface area contributed by atoms with E-state index in [9.17, 15) is 9.59 Å². The summed E-state index contributed by atoms with van der Waals surface area (Å²) in [5.41, 5.74) is 4.96. The van der Waals surface area contributed by atoms with Crippen LogP contribution in [0.15, 0.2) is 72.8 Å². The summed E-state index contributed by atoms with van der Waals surface area (Å²) in [5, 5.41) is 6.79. The van der Waals surface area contributed by atoms with Gasteiger partial charge >= 0.3 is 0 Å². The molecule has 1 amide bonds. The highest BCUT2D eigenvalue weighted by molar-refractivity contribution is 5.97. The number of aromatic nitrogens is 2. The van der Waals surface area contributed by atoms with Crippen molar-refractivity contribution < 1.29 is 9.59 Å². The molecule has 0 aliphatic rings. The number of carbonyl (C=O) groups excluding carboxylic acids is 2. The monoisotopic (exact) mass is 410 g/mol. The maximum absolute atomic E-state index is 12.4. The highest BCUT2D eigenvalue weighted by atomic mass is 16.2. The zero-order valence-corrected chi connectivity index (χ0v) is 17.3. The number of nitrogens with one attached hydrogen (secondary N) is 2. The number of benzene rings is 3. The fourth-order valence-corrected chi connectivity index (χ4v) is 3.29. The van der Waals surface area contributed by atoms with Crippen molar-refractivity contribution >= 4 is 34.2 Å². The second-order valence-electron chi connectivity index (χ2n) is 7.32. The summed E-state index contributed by atoms with van der Waals surface area (Å²) in [5.74, 6) is 0.138. The van der Waals surface area contributed by atoms with Gasteiger partial charge in [0.25, 0.3) is 0 Å². The lowest BCUT2D eigenvalue weighted by Gasteiger charge is -2.11. The highest BCUT2D eigenvalue weighted by Gasteiger charge is 2.11. The Morgan fingerprint density at radius 2 is 1.65 bits per heavy atom. The van der Waals surface area contributed by atoms with Gasteiger partial charge in [-0.05, 0) is 50.2 Å². The molecule has 0 radical (unpaired) electrons. The van der Waals surface area contributed by atoms with Crippen molar-refractivity contribution in [2.75, 3.05) is 17.2 Å². The molecule has 3 aromatic carbocycles. The van der Waals surface area contributed by atoms with E-state index < -0.39 is 0 Å². The van der Waals surface area contributed by atoms with Crippen LogP contribution in [0.1, 0.15) is 22.8 Å². The maximum atomic E-state index is 12.4. The van der Waals surface area contributed by atoms with E-state index in [0.29, 0.717) is 17.2 Å². The van der Waals surface area contributed by atoms with Crippen LogP contribution < -0.4 is 10.6 Å². The first-order chi connectivity index (χ1) is 15.0. The molecule has 31 heavy (non-hydrogen) atoms. The molecule has 4 rings (SSSR count). The number of carbonyl (C=O) groups is 2. The van der Waals surface area contributed by atoms with Crippen molar-refractivity contribution in [1.29, 1.82) is 0 Å². The lowest BCUT2D eigenvalue weighted by Crippen LogP contribution is -2.22. The van der Waals surface area contributed by atoms with Gasteiger partial charge in [0.05, 0.1) is 17.8 Å². The number of ketones is 1. The van der Waals surface area contributed by atoms with Gasteiger partial charge < -0.3 is 10.6 Å². The summed E-state index contributed by atoms with van der Waals surface area (Å²) >= 11 is 0. The summed E-state index contributed by atoms with van der Waals surface area (Å²) < 4.78 is 0. The van der Waals surface area contributed by atoms with Crippen LogP contribution >= 0.6 is 0 Å². The van der Waals surface area contributed by atoms with Crippen LogP contribution in [-0.2, 0) is 4.79 Å². The smallest absolute Gasteiger partial charge is 0.243 e. The zero-order valence-electron chi connectivity index (χ0n) is 17.3. The summed E-state index contributed by atoms with van der Waals surface area (Å²) in [4.78, 5) is 33.0. The topological polar surface area (TPSA) is 84.0 Å². The van der Waals surface area contributed by atoms with E-state index >= 15 is 0 Å². The van der Waals surface area contributed by atoms with Crippen molar-refractivity contribution in [3.05, 3.63) is 83.9 Å². The van der Waals surface area contributed by atoms with Gasteiger partial charge in [0, 0.05) is 22.2 Å². The van der Waals surface area contributed by atoms with Crippen LogP contribution in [-0.4, -0.2) is 28.2 Å². The minimum Gasteiger partial charge on any atom is -0.345 e. The molecule has 0 aliphatic carbocycles. The molecule has 1 aromatic heterocycles. The molecule has 2 N–H and O–H groups in total. The van der Waals surface area contributed by atoms with Crippen molar-refractivity contribution in [3.63, 3.8) is 0 Å². The Hall–Kier alpha value is -4.06. The Morgan fingerprint density at radius 1 is 0.903 bits per heavy atom. The minimum atomic E-state index is -0.232. The van der Waals surface area contributed by atoms with Gasteiger partial charge in [-0.1, -0.05) is 42.0 Å². The Labute approximate surface area is 180 Å². The van der Waals surface area contributed by atoms with E-state index in [1.54, 1.807) is 24.3 Å². The predicted molar refractivity (Wildman–Crippen MR) is 123 cm³/mol. The molecule has 0 unspecified atom stereocenters. The number of fused-ring (bicyclic) bond motifs is 1. The summed E-state index contributed by atoms with van der Waals surface area (Å²) in [6.45, 7) is 3.56. The van der Waals surface area contributed by atoms with Crippen LogP contribution in [0.25, 0.3) is 22.2 Å². The molecule has 0 spiro atoms. The Balaban J connectivity index is 1.54. The lowest BCUT2D eigenvalue weighted by atomic mass is 10.0. The van der Waals surface area contributed by atoms with Crippen molar-refractivity contribution in [2.24, 2.45) is 0 Å². The molecule has 6 heteroatoms. The van der Waals surface area contributed by atoms with Gasteiger partial charge in [-0.2, -0.15) is 0 Å². The molecule has 0 saturated heterocycles. The van der Waals surface area contributed by atoms with Gasteiger partial charge in [0.2, 0.25) is 11.9 Å².